The number of rotatable bonds is 1. The molecule has 7 heteroatoms. The first-order valence-electron chi connectivity index (χ1n) is 9.62. The van der Waals surface area contributed by atoms with Crippen LogP contribution in [-0.4, -0.2) is 29.2 Å². The Kier molecular flexibility index (Phi) is 5.61. The van der Waals surface area contributed by atoms with Crippen LogP contribution >= 0.6 is 0 Å². The van der Waals surface area contributed by atoms with Crippen molar-refractivity contribution in [3.8, 4) is 11.5 Å². The van der Waals surface area contributed by atoms with Crippen molar-refractivity contribution >= 4 is 23.4 Å². The number of fused-ring (bicyclic) bond motifs is 4. The van der Waals surface area contributed by atoms with Crippen LogP contribution in [0, 0.1) is 13.8 Å². The molecule has 1 amide bonds. The van der Waals surface area contributed by atoms with Crippen LogP contribution in [0.15, 0.2) is 67.0 Å². The van der Waals surface area contributed by atoms with Gasteiger partial charge >= 0.3 is 6.09 Å². The second kappa shape index (κ2) is 8.65. The number of ether oxygens (including phenoxy) is 2. The van der Waals surface area contributed by atoms with Crippen molar-refractivity contribution in [3.05, 3.63) is 78.1 Å². The zero-order valence-corrected chi connectivity index (χ0v) is 16.8. The Morgan fingerprint density at radius 2 is 1.87 bits per heavy atom. The highest BCUT2D eigenvalue weighted by Gasteiger charge is 2.21. The second-order valence-electron chi connectivity index (χ2n) is 6.90. The number of hydrogen-bond acceptors (Lipinski definition) is 6. The molecule has 2 heterocycles. The van der Waals surface area contributed by atoms with E-state index < -0.39 is 6.09 Å². The molecule has 1 aliphatic rings. The summed E-state index contributed by atoms with van der Waals surface area (Å²) in [4.78, 5) is 23.1. The minimum atomic E-state index is -0.516. The van der Waals surface area contributed by atoms with Gasteiger partial charge in [0.1, 0.15) is 36.1 Å². The molecule has 1 aromatic heterocycles. The fourth-order valence-electron chi connectivity index (χ4n) is 3.13. The minimum Gasteiger partial charge on any atom is -0.489 e. The molecule has 4 bridgehead atoms. The van der Waals surface area contributed by atoms with Gasteiger partial charge in [0.05, 0.1) is 0 Å². The van der Waals surface area contributed by atoms with Crippen LogP contribution in [0.4, 0.5) is 22.1 Å². The zero-order chi connectivity index (χ0) is 20.9. The van der Waals surface area contributed by atoms with Gasteiger partial charge in [-0.3, -0.25) is 4.90 Å². The molecule has 0 saturated heterocycles. The van der Waals surface area contributed by atoms with Crippen LogP contribution < -0.4 is 19.7 Å². The lowest BCUT2D eigenvalue weighted by Crippen LogP contribution is -2.35. The van der Waals surface area contributed by atoms with Crippen LogP contribution in [0.3, 0.4) is 0 Å². The molecule has 4 rings (SSSR count). The number of aromatic nitrogens is 2. The molecule has 0 unspecified atom stereocenters. The normalized spacial score (nSPS) is 14.3. The molecule has 1 N–H and O–H groups in total. The van der Waals surface area contributed by atoms with Gasteiger partial charge in [-0.25, -0.2) is 14.8 Å². The average molecular weight is 402 g/mol. The largest absolute Gasteiger partial charge is 0.489 e. The first-order valence-corrected chi connectivity index (χ1v) is 9.62. The summed E-state index contributed by atoms with van der Waals surface area (Å²) >= 11 is 0. The summed E-state index contributed by atoms with van der Waals surface area (Å²) in [5.41, 5.74) is 2.61. The van der Waals surface area contributed by atoms with Crippen LogP contribution in [0.2, 0.25) is 0 Å². The van der Waals surface area contributed by atoms with Gasteiger partial charge in [-0.1, -0.05) is 30.3 Å². The Balaban J connectivity index is 1.66. The fraction of sp³-hybridized carbons (Fsp3) is 0.174. The summed E-state index contributed by atoms with van der Waals surface area (Å²) in [6.45, 7) is 4.48. The Morgan fingerprint density at radius 3 is 2.70 bits per heavy atom. The summed E-state index contributed by atoms with van der Waals surface area (Å²) in [7, 11) is 0. The van der Waals surface area contributed by atoms with E-state index in [4.69, 9.17) is 9.47 Å². The van der Waals surface area contributed by atoms with Crippen molar-refractivity contribution < 1.29 is 14.3 Å². The third-order valence-electron chi connectivity index (χ3n) is 4.66. The Labute approximate surface area is 175 Å². The van der Waals surface area contributed by atoms with E-state index in [-0.39, 0.29) is 6.54 Å². The lowest BCUT2D eigenvalue weighted by Gasteiger charge is -2.21. The highest BCUT2D eigenvalue weighted by molar-refractivity contribution is 5.89. The van der Waals surface area contributed by atoms with Gasteiger partial charge in [0.25, 0.3) is 0 Å². The summed E-state index contributed by atoms with van der Waals surface area (Å²) in [5.74, 6) is 2.29. The molecule has 0 aliphatic carbocycles. The van der Waals surface area contributed by atoms with Gasteiger partial charge in [0, 0.05) is 24.4 Å². The van der Waals surface area contributed by atoms with Crippen molar-refractivity contribution in [1.29, 1.82) is 0 Å². The van der Waals surface area contributed by atoms with Crippen molar-refractivity contribution in [2.24, 2.45) is 0 Å². The summed E-state index contributed by atoms with van der Waals surface area (Å²) in [5, 5.41) is 3.22. The third-order valence-corrected chi connectivity index (χ3v) is 4.66. The number of hydrogen-bond donors (Lipinski definition) is 1. The zero-order valence-electron chi connectivity index (χ0n) is 16.8. The molecule has 30 heavy (non-hydrogen) atoms. The molecule has 7 nitrogen and oxygen atoms in total. The van der Waals surface area contributed by atoms with Crippen LogP contribution in [-0.2, 0) is 0 Å². The predicted molar refractivity (Wildman–Crippen MR) is 116 cm³/mol. The third kappa shape index (κ3) is 4.41. The maximum atomic E-state index is 13.1. The second-order valence-corrected chi connectivity index (χ2v) is 6.90. The van der Waals surface area contributed by atoms with E-state index in [1.54, 1.807) is 6.07 Å². The first-order chi connectivity index (χ1) is 14.6. The Morgan fingerprint density at radius 1 is 1.07 bits per heavy atom. The highest BCUT2D eigenvalue weighted by Crippen LogP contribution is 2.26. The Bertz CT molecular complexity index is 1080. The SMILES string of the molecule is Cc1cccc(C)c1OC(=O)N1C/C=C/COc2cccc(c2)Nc2cc1ncn2. The lowest BCUT2D eigenvalue weighted by atomic mass is 10.1. The maximum Gasteiger partial charge on any atom is 0.421 e. The average Bonchev–Trinajstić information content (AvgIpc) is 2.74. The number of nitrogens with zero attached hydrogens (tertiary/aromatic N) is 3. The molecule has 3 aromatic rings. The van der Waals surface area contributed by atoms with Crippen molar-refractivity contribution in [2.45, 2.75) is 13.8 Å². The topological polar surface area (TPSA) is 76.6 Å². The first kappa shape index (κ1) is 19.4. The number of carbonyl (C=O) groups is 1. The van der Waals surface area contributed by atoms with E-state index in [9.17, 15) is 4.79 Å². The van der Waals surface area contributed by atoms with Crippen LogP contribution in [0.5, 0.6) is 11.5 Å². The fourth-order valence-corrected chi connectivity index (χ4v) is 3.13. The number of nitrogens with one attached hydrogen (secondary N) is 1. The lowest BCUT2D eigenvalue weighted by molar-refractivity contribution is 0.207. The van der Waals surface area contributed by atoms with E-state index in [1.807, 2.05) is 68.5 Å². The number of benzene rings is 2. The molecule has 0 atom stereocenters. The van der Waals surface area contributed by atoms with Gasteiger partial charge in [0.2, 0.25) is 0 Å². The molecule has 0 radical (unpaired) electrons. The number of carbonyl (C=O) groups excluding carboxylic acids is 1. The summed E-state index contributed by atoms with van der Waals surface area (Å²) in [6.07, 6.45) is 4.61. The van der Waals surface area contributed by atoms with Crippen LogP contribution in [0.1, 0.15) is 11.1 Å². The van der Waals surface area contributed by atoms with E-state index >= 15 is 0 Å². The van der Waals surface area contributed by atoms with Crippen molar-refractivity contribution in [2.75, 3.05) is 23.4 Å². The van der Waals surface area contributed by atoms with Crippen molar-refractivity contribution in [3.63, 3.8) is 0 Å². The van der Waals surface area contributed by atoms with Gasteiger partial charge < -0.3 is 14.8 Å². The Hall–Kier alpha value is -3.87. The van der Waals surface area contributed by atoms with Crippen molar-refractivity contribution in [1.82, 2.24) is 9.97 Å². The maximum absolute atomic E-state index is 13.1. The van der Waals surface area contributed by atoms with Gasteiger partial charge in [0.15, 0.2) is 0 Å². The quantitative estimate of drug-likeness (QED) is 0.590. The van der Waals surface area contributed by atoms with Crippen LogP contribution in [0.25, 0.3) is 0 Å². The highest BCUT2D eigenvalue weighted by atomic mass is 16.6. The summed E-state index contributed by atoms with van der Waals surface area (Å²) < 4.78 is 11.5. The predicted octanol–water partition coefficient (Wildman–Crippen LogP) is 4.79. The molecule has 0 spiro atoms. The monoisotopic (exact) mass is 402 g/mol. The van der Waals surface area contributed by atoms with E-state index in [0.29, 0.717) is 24.0 Å². The molecule has 1 aliphatic heterocycles. The van der Waals surface area contributed by atoms with Gasteiger partial charge in [-0.05, 0) is 43.2 Å². The van der Waals surface area contributed by atoms with E-state index in [1.165, 1.54) is 11.2 Å². The molecule has 2 aromatic carbocycles. The molecule has 0 fully saturated rings. The molecular weight excluding hydrogens is 380 g/mol. The summed E-state index contributed by atoms with van der Waals surface area (Å²) in [6, 6.07) is 15.1. The molecular formula is C23H22N4O3. The molecule has 152 valence electrons. The van der Waals surface area contributed by atoms with Gasteiger partial charge in [-0.15, -0.1) is 0 Å². The number of para-hydroxylation sites is 1. The molecule has 0 saturated carbocycles. The number of aryl methyl sites for hydroxylation is 2. The van der Waals surface area contributed by atoms with E-state index in [0.717, 1.165) is 22.6 Å². The smallest absolute Gasteiger partial charge is 0.421 e. The number of amides is 1. The number of anilines is 3. The minimum absolute atomic E-state index is 0.279. The standard InChI is InChI=1S/C23H22N4O3/c1-16-7-5-8-17(2)22(16)30-23(28)27-11-3-4-12-29-19-10-6-9-18(13-19)26-20-14-21(27)25-15-24-20/h3-10,13-15H,11-12H2,1-2H3,(H,24,25,26)/b4-3+. The van der Waals surface area contributed by atoms with E-state index in [2.05, 4.69) is 15.3 Å². The van der Waals surface area contributed by atoms with Gasteiger partial charge in [-0.2, -0.15) is 0 Å².